The van der Waals surface area contributed by atoms with E-state index >= 15 is 0 Å². The van der Waals surface area contributed by atoms with Crippen molar-refractivity contribution in [3.05, 3.63) is 75.5 Å². The summed E-state index contributed by atoms with van der Waals surface area (Å²) in [6, 6.07) is 15.2. The van der Waals surface area contributed by atoms with E-state index < -0.39 is 0 Å². The Hall–Kier alpha value is -3.06. The second kappa shape index (κ2) is 7.52. The highest BCUT2D eigenvalue weighted by Crippen LogP contribution is 2.32. The molecule has 4 rings (SSSR count). The minimum Gasteiger partial charge on any atom is -0.454 e. The molecule has 0 atom stereocenters. The number of hydrazone groups is 1. The molecule has 0 saturated heterocycles. The van der Waals surface area contributed by atoms with Crippen LogP contribution in [0.5, 0.6) is 11.5 Å². The van der Waals surface area contributed by atoms with Crippen LogP contribution in [0.25, 0.3) is 5.69 Å². The maximum atomic E-state index is 12.3. The lowest BCUT2D eigenvalue weighted by Crippen LogP contribution is -2.17. The molecule has 142 valence electrons. The molecule has 7 heteroatoms. The number of aryl methyl sites for hydroxylation is 1. The van der Waals surface area contributed by atoms with E-state index in [4.69, 9.17) is 9.47 Å². The Morgan fingerprint density at radius 2 is 1.86 bits per heavy atom. The first kappa shape index (κ1) is 18.3. The topological polar surface area (TPSA) is 64.8 Å². The summed E-state index contributed by atoms with van der Waals surface area (Å²) in [5.41, 5.74) is 7.16. The summed E-state index contributed by atoms with van der Waals surface area (Å²) < 4.78 is 13.7. The Balaban J connectivity index is 1.50. The van der Waals surface area contributed by atoms with Gasteiger partial charge in [-0.1, -0.05) is 15.9 Å². The molecule has 0 bridgehead atoms. The number of hydrogen-bond donors (Lipinski definition) is 1. The van der Waals surface area contributed by atoms with E-state index in [0.29, 0.717) is 17.1 Å². The van der Waals surface area contributed by atoms with Gasteiger partial charge < -0.3 is 14.0 Å². The van der Waals surface area contributed by atoms with Gasteiger partial charge in [-0.2, -0.15) is 5.10 Å². The zero-order valence-electron chi connectivity index (χ0n) is 15.4. The summed E-state index contributed by atoms with van der Waals surface area (Å²) in [5.74, 6) is 0.895. The smallest absolute Gasteiger partial charge is 0.271 e. The van der Waals surface area contributed by atoms with Gasteiger partial charge in [-0.15, -0.1) is 0 Å². The van der Waals surface area contributed by atoms with Crippen LogP contribution in [0, 0.1) is 13.8 Å². The van der Waals surface area contributed by atoms with Crippen LogP contribution < -0.4 is 14.9 Å². The molecule has 1 aromatic heterocycles. The van der Waals surface area contributed by atoms with Gasteiger partial charge in [-0.3, -0.25) is 4.79 Å². The molecule has 2 aromatic carbocycles. The van der Waals surface area contributed by atoms with Crippen molar-refractivity contribution in [3.63, 3.8) is 0 Å². The summed E-state index contributed by atoms with van der Waals surface area (Å²) >= 11 is 3.46. The van der Waals surface area contributed by atoms with Crippen LogP contribution >= 0.6 is 15.9 Å². The van der Waals surface area contributed by atoms with Gasteiger partial charge >= 0.3 is 0 Å². The standard InChI is InChI=1S/C21H18BrN3O3/c1-13-9-16(14(2)25(13)18-6-4-17(22)5-7-18)11-23-24-21(26)15-3-8-19-20(10-15)28-12-27-19/h3-11H,12H2,1-2H3,(H,24,26)/b23-11-. The lowest BCUT2D eigenvalue weighted by molar-refractivity contribution is 0.0954. The van der Waals surface area contributed by atoms with Gasteiger partial charge in [0.25, 0.3) is 5.91 Å². The number of nitrogens with zero attached hydrogens (tertiary/aromatic N) is 2. The van der Waals surface area contributed by atoms with Crippen molar-refractivity contribution in [1.82, 2.24) is 9.99 Å². The molecule has 0 radical (unpaired) electrons. The van der Waals surface area contributed by atoms with Crippen LogP contribution in [0.1, 0.15) is 27.3 Å². The number of fused-ring (bicyclic) bond motifs is 1. The Morgan fingerprint density at radius 1 is 1.11 bits per heavy atom. The summed E-state index contributed by atoms with van der Waals surface area (Å²) in [6.07, 6.45) is 1.66. The first-order valence-corrected chi connectivity index (χ1v) is 9.50. The van der Waals surface area contributed by atoms with Crippen LogP contribution in [0.2, 0.25) is 0 Å². The van der Waals surface area contributed by atoms with Crippen molar-refractivity contribution in [2.75, 3.05) is 6.79 Å². The van der Waals surface area contributed by atoms with Crippen LogP contribution in [0.3, 0.4) is 0 Å². The van der Waals surface area contributed by atoms with Gasteiger partial charge in [0, 0.05) is 32.7 Å². The normalized spacial score (nSPS) is 12.5. The fourth-order valence-electron chi connectivity index (χ4n) is 3.17. The highest BCUT2D eigenvalue weighted by Gasteiger charge is 2.16. The molecule has 0 fully saturated rings. The minimum absolute atomic E-state index is 0.173. The third-order valence-electron chi connectivity index (χ3n) is 4.56. The number of ether oxygens (including phenoxy) is 2. The lowest BCUT2D eigenvalue weighted by Gasteiger charge is -2.09. The third kappa shape index (κ3) is 3.53. The van der Waals surface area contributed by atoms with Crippen LogP contribution in [-0.2, 0) is 0 Å². The van der Waals surface area contributed by atoms with E-state index in [1.54, 1.807) is 24.4 Å². The SMILES string of the molecule is Cc1cc(/C=N\NC(=O)c2ccc3c(c2)OCO3)c(C)n1-c1ccc(Br)cc1. The van der Waals surface area contributed by atoms with Gasteiger partial charge in [0.2, 0.25) is 6.79 Å². The molecule has 1 amide bonds. The van der Waals surface area contributed by atoms with Crippen molar-refractivity contribution >= 4 is 28.1 Å². The van der Waals surface area contributed by atoms with Crippen LogP contribution in [-0.4, -0.2) is 23.5 Å². The maximum Gasteiger partial charge on any atom is 0.271 e. The summed E-state index contributed by atoms with van der Waals surface area (Å²) in [6.45, 7) is 4.24. The first-order chi connectivity index (χ1) is 13.5. The molecule has 28 heavy (non-hydrogen) atoms. The molecule has 0 spiro atoms. The quantitative estimate of drug-likeness (QED) is 0.485. The van der Waals surface area contributed by atoms with E-state index in [-0.39, 0.29) is 12.7 Å². The Bertz CT molecular complexity index is 1070. The van der Waals surface area contributed by atoms with Crippen molar-refractivity contribution < 1.29 is 14.3 Å². The number of benzene rings is 2. The molecule has 1 aliphatic heterocycles. The van der Waals surface area contributed by atoms with E-state index in [9.17, 15) is 4.79 Å². The van der Waals surface area contributed by atoms with Gasteiger partial charge in [0.1, 0.15) is 0 Å². The second-order valence-electron chi connectivity index (χ2n) is 6.41. The average molecular weight is 440 g/mol. The number of halogens is 1. The van der Waals surface area contributed by atoms with E-state index in [2.05, 4.69) is 31.0 Å². The van der Waals surface area contributed by atoms with E-state index in [0.717, 1.165) is 27.1 Å². The van der Waals surface area contributed by atoms with Crippen molar-refractivity contribution in [3.8, 4) is 17.2 Å². The molecule has 0 unspecified atom stereocenters. The predicted octanol–water partition coefficient (Wildman–Crippen LogP) is 4.35. The van der Waals surface area contributed by atoms with Crippen molar-refractivity contribution in [1.29, 1.82) is 0 Å². The van der Waals surface area contributed by atoms with E-state index in [1.165, 1.54) is 0 Å². The molecule has 1 aliphatic rings. The number of carbonyl (C=O) groups excluding carboxylic acids is 1. The molecule has 0 saturated carbocycles. The van der Waals surface area contributed by atoms with Crippen molar-refractivity contribution in [2.24, 2.45) is 5.10 Å². The zero-order chi connectivity index (χ0) is 19.7. The molecule has 2 heterocycles. The molecular weight excluding hydrogens is 422 g/mol. The molecule has 1 N–H and O–H groups in total. The molecular formula is C21H18BrN3O3. The van der Waals surface area contributed by atoms with Gasteiger partial charge in [-0.05, 0) is 62.4 Å². The number of hydrogen-bond acceptors (Lipinski definition) is 4. The number of aromatic nitrogens is 1. The van der Waals surface area contributed by atoms with Crippen LogP contribution in [0.15, 0.2) is 58.1 Å². The summed E-state index contributed by atoms with van der Waals surface area (Å²) in [7, 11) is 0. The average Bonchev–Trinajstić information content (AvgIpc) is 3.26. The fraction of sp³-hybridized carbons (Fsp3) is 0.143. The number of amides is 1. The number of rotatable bonds is 4. The fourth-order valence-corrected chi connectivity index (χ4v) is 3.43. The first-order valence-electron chi connectivity index (χ1n) is 8.71. The number of nitrogens with one attached hydrogen (secondary N) is 1. The third-order valence-corrected chi connectivity index (χ3v) is 5.09. The van der Waals surface area contributed by atoms with E-state index in [1.807, 2.05) is 44.2 Å². The summed E-state index contributed by atoms with van der Waals surface area (Å²) in [4.78, 5) is 12.3. The predicted molar refractivity (Wildman–Crippen MR) is 111 cm³/mol. The highest BCUT2D eigenvalue weighted by molar-refractivity contribution is 9.10. The van der Waals surface area contributed by atoms with Crippen molar-refractivity contribution in [2.45, 2.75) is 13.8 Å². The largest absolute Gasteiger partial charge is 0.454 e. The lowest BCUT2D eigenvalue weighted by atomic mass is 10.2. The van der Waals surface area contributed by atoms with Gasteiger partial charge in [0.05, 0.1) is 6.21 Å². The Labute approximate surface area is 170 Å². The molecule has 3 aromatic rings. The monoisotopic (exact) mass is 439 g/mol. The Morgan fingerprint density at radius 3 is 2.64 bits per heavy atom. The number of carbonyl (C=O) groups is 1. The minimum atomic E-state index is -0.309. The second-order valence-corrected chi connectivity index (χ2v) is 7.32. The maximum absolute atomic E-state index is 12.3. The molecule has 6 nitrogen and oxygen atoms in total. The Kier molecular flexibility index (Phi) is 4.92. The van der Waals surface area contributed by atoms with Gasteiger partial charge in [0.15, 0.2) is 11.5 Å². The summed E-state index contributed by atoms with van der Waals surface area (Å²) in [5, 5.41) is 4.12. The highest BCUT2D eigenvalue weighted by atomic mass is 79.9. The molecule has 0 aliphatic carbocycles. The zero-order valence-corrected chi connectivity index (χ0v) is 17.0. The van der Waals surface area contributed by atoms with Gasteiger partial charge in [-0.25, -0.2) is 5.43 Å². The van der Waals surface area contributed by atoms with Crippen LogP contribution in [0.4, 0.5) is 0 Å².